The molecule has 0 amide bonds. The van der Waals surface area contributed by atoms with Gasteiger partial charge in [0, 0.05) is 32.0 Å². The van der Waals surface area contributed by atoms with Crippen molar-refractivity contribution in [2.24, 2.45) is 0 Å². The Morgan fingerprint density at radius 3 is 1.67 bits per heavy atom. The highest BCUT2D eigenvalue weighted by molar-refractivity contribution is 6.58. The number of hydrogen-bond acceptors (Lipinski definition) is 3. The van der Waals surface area contributed by atoms with Gasteiger partial charge in [-0.2, -0.15) is 0 Å². The van der Waals surface area contributed by atoms with Crippen LogP contribution >= 0.6 is 0 Å². The van der Waals surface area contributed by atoms with Crippen molar-refractivity contribution in [2.75, 3.05) is 19.8 Å². The van der Waals surface area contributed by atoms with E-state index in [0.29, 0.717) is 26.0 Å². The largest absolute Gasteiger partial charge is 0.570 e. The summed E-state index contributed by atoms with van der Waals surface area (Å²) in [5.74, 6) is 0. The van der Waals surface area contributed by atoms with Gasteiger partial charge in [-0.3, -0.25) is 0 Å². The molecule has 0 aliphatic heterocycles. The van der Waals surface area contributed by atoms with Crippen LogP contribution in [0.3, 0.4) is 0 Å². The van der Waals surface area contributed by atoms with Crippen molar-refractivity contribution in [3.8, 4) is 0 Å². The lowest BCUT2D eigenvalue weighted by atomic mass is 10.5. The van der Waals surface area contributed by atoms with E-state index in [1.165, 1.54) is 0 Å². The zero-order valence-corrected chi connectivity index (χ0v) is 12.9. The van der Waals surface area contributed by atoms with Crippen molar-refractivity contribution >= 4 is 8.80 Å². The van der Waals surface area contributed by atoms with E-state index in [4.69, 9.17) is 13.3 Å². The van der Waals surface area contributed by atoms with Crippen molar-refractivity contribution in [1.29, 1.82) is 0 Å². The topological polar surface area (TPSA) is 31.6 Å². The lowest BCUT2D eigenvalue weighted by Crippen LogP contribution is -2.57. The summed E-state index contributed by atoms with van der Waals surface area (Å²) in [5, 5.41) is 0. The second-order valence-electron chi connectivity index (χ2n) is 3.53. The van der Waals surface area contributed by atoms with Crippen LogP contribution < -0.4 is 4.57 Å². The summed E-state index contributed by atoms with van der Waals surface area (Å²) in [6.07, 6.45) is 4.65. The van der Waals surface area contributed by atoms with Crippen molar-refractivity contribution in [3.05, 3.63) is 38.0 Å². The Morgan fingerprint density at radius 1 is 0.833 bits per heavy atom. The first-order chi connectivity index (χ1) is 8.26. The molecular formula is C13H25NO3Si. The van der Waals surface area contributed by atoms with E-state index < -0.39 is 8.80 Å². The summed E-state index contributed by atoms with van der Waals surface area (Å²) in [4.78, 5) is 0. The SMILES string of the molecule is CCO[Si](C[n+]1ccccc1)(OCC)OCC.[CH3-]. The fraction of sp³-hybridized carbons (Fsp3) is 0.538. The predicted molar refractivity (Wildman–Crippen MR) is 73.7 cm³/mol. The molecule has 0 aliphatic carbocycles. The minimum atomic E-state index is -2.57. The summed E-state index contributed by atoms with van der Waals surface area (Å²) in [6, 6.07) is 5.97. The third kappa shape index (κ3) is 5.26. The third-order valence-corrected chi connectivity index (χ3v) is 5.18. The summed E-state index contributed by atoms with van der Waals surface area (Å²) in [7, 11) is -2.57. The second-order valence-corrected chi connectivity index (χ2v) is 6.08. The fourth-order valence-corrected chi connectivity index (χ4v) is 4.19. The molecule has 1 rings (SSSR count). The van der Waals surface area contributed by atoms with Gasteiger partial charge < -0.3 is 20.7 Å². The van der Waals surface area contributed by atoms with Crippen molar-refractivity contribution < 1.29 is 17.8 Å². The van der Waals surface area contributed by atoms with Crippen LogP contribution in [0.5, 0.6) is 0 Å². The molecule has 5 heteroatoms. The second kappa shape index (κ2) is 9.21. The molecule has 0 radical (unpaired) electrons. The first-order valence-electron chi connectivity index (χ1n) is 6.12. The Hall–Kier alpha value is -0.753. The average molecular weight is 271 g/mol. The number of pyridine rings is 1. The van der Waals surface area contributed by atoms with Gasteiger partial charge in [0.05, 0.1) is 0 Å². The molecule has 4 nitrogen and oxygen atoms in total. The van der Waals surface area contributed by atoms with Crippen LogP contribution in [0.1, 0.15) is 20.8 Å². The van der Waals surface area contributed by atoms with Crippen LogP contribution in [0, 0.1) is 7.43 Å². The molecular weight excluding hydrogens is 246 g/mol. The molecule has 0 aliphatic rings. The maximum Gasteiger partial charge on any atom is 0.570 e. The molecule has 0 atom stereocenters. The predicted octanol–water partition coefficient (Wildman–Crippen LogP) is 2.01. The molecule has 0 fully saturated rings. The maximum atomic E-state index is 5.79. The van der Waals surface area contributed by atoms with E-state index >= 15 is 0 Å². The maximum absolute atomic E-state index is 5.79. The van der Waals surface area contributed by atoms with Gasteiger partial charge in [0.25, 0.3) is 0 Å². The molecule has 1 aromatic heterocycles. The molecule has 0 N–H and O–H groups in total. The first kappa shape index (κ1) is 17.2. The standard InChI is InChI=1S/C12H22NO3Si.CH3/c1-4-14-17(15-5-2,16-6-3)12-13-10-8-7-9-11-13;/h7-11H,4-6,12H2,1-3H3;1H3/q+1;-1. The Balaban J connectivity index is 0.00000289. The van der Waals surface area contributed by atoms with Gasteiger partial charge in [-0.15, -0.1) is 0 Å². The van der Waals surface area contributed by atoms with Crippen LogP contribution in [0.15, 0.2) is 30.6 Å². The Bertz CT molecular complexity index is 291. The summed E-state index contributed by atoms with van der Waals surface area (Å²) in [5.41, 5.74) is 0. The lowest BCUT2D eigenvalue weighted by Gasteiger charge is -2.25. The fourth-order valence-electron chi connectivity index (χ4n) is 1.69. The van der Waals surface area contributed by atoms with E-state index in [1.54, 1.807) is 0 Å². The van der Waals surface area contributed by atoms with Crippen LogP contribution in [-0.2, 0) is 19.4 Å². The van der Waals surface area contributed by atoms with Gasteiger partial charge in [0.15, 0.2) is 12.4 Å². The quantitative estimate of drug-likeness (QED) is 0.412. The van der Waals surface area contributed by atoms with Crippen molar-refractivity contribution in [2.45, 2.75) is 26.9 Å². The highest BCUT2D eigenvalue weighted by Gasteiger charge is 2.45. The van der Waals surface area contributed by atoms with Crippen LogP contribution in [0.2, 0.25) is 0 Å². The van der Waals surface area contributed by atoms with Crippen LogP contribution in [-0.4, -0.2) is 28.6 Å². The van der Waals surface area contributed by atoms with E-state index in [0.717, 1.165) is 0 Å². The molecule has 0 unspecified atom stereocenters. The van der Waals surface area contributed by atoms with Crippen molar-refractivity contribution in [3.63, 3.8) is 0 Å². The molecule has 1 heterocycles. The molecule has 104 valence electrons. The minimum Gasteiger partial charge on any atom is -0.370 e. The molecule has 1 aromatic rings. The number of aromatic nitrogens is 1. The number of nitrogens with zero attached hydrogens (tertiary/aromatic N) is 1. The zero-order valence-electron chi connectivity index (χ0n) is 11.9. The van der Waals surface area contributed by atoms with Crippen LogP contribution in [0.4, 0.5) is 0 Å². The summed E-state index contributed by atoms with van der Waals surface area (Å²) in [6.45, 7) is 7.74. The Morgan fingerprint density at radius 2 is 1.28 bits per heavy atom. The summed E-state index contributed by atoms with van der Waals surface area (Å²) < 4.78 is 19.4. The van der Waals surface area contributed by atoms with Gasteiger partial charge in [0.1, 0.15) is 0 Å². The lowest BCUT2D eigenvalue weighted by molar-refractivity contribution is -0.685. The normalized spacial score (nSPS) is 11.1. The Kier molecular flexibility index (Phi) is 8.83. The highest BCUT2D eigenvalue weighted by Crippen LogP contribution is 2.10. The molecule has 18 heavy (non-hydrogen) atoms. The van der Waals surface area contributed by atoms with Gasteiger partial charge in [-0.1, -0.05) is 6.07 Å². The van der Waals surface area contributed by atoms with Gasteiger partial charge in [0.2, 0.25) is 6.17 Å². The molecule has 0 saturated heterocycles. The monoisotopic (exact) mass is 271 g/mol. The third-order valence-electron chi connectivity index (χ3n) is 2.25. The molecule has 0 spiro atoms. The van der Waals surface area contributed by atoms with Gasteiger partial charge >= 0.3 is 8.80 Å². The average Bonchev–Trinajstić information content (AvgIpc) is 2.31. The van der Waals surface area contributed by atoms with E-state index in [1.807, 2.05) is 55.9 Å². The minimum absolute atomic E-state index is 0. The zero-order chi connectivity index (χ0) is 12.6. The van der Waals surface area contributed by atoms with Crippen LogP contribution in [0.25, 0.3) is 0 Å². The van der Waals surface area contributed by atoms with Crippen molar-refractivity contribution in [1.82, 2.24) is 0 Å². The van der Waals surface area contributed by atoms with Gasteiger partial charge in [-0.05, 0) is 20.8 Å². The highest BCUT2D eigenvalue weighted by atomic mass is 28.4. The van der Waals surface area contributed by atoms with E-state index in [2.05, 4.69) is 0 Å². The number of hydrogen-bond donors (Lipinski definition) is 0. The smallest absolute Gasteiger partial charge is 0.370 e. The molecule has 0 bridgehead atoms. The van der Waals surface area contributed by atoms with Gasteiger partial charge in [-0.25, -0.2) is 4.57 Å². The van der Waals surface area contributed by atoms with E-state index in [9.17, 15) is 0 Å². The van der Waals surface area contributed by atoms with E-state index in [-0.39, 0.29) is 7.43 Å². The number of rotatable bonds is 8. The molecule has 0 saturated carbocycles. The Labute approximate surface area is 112 Å². The molecule has 0 aromatic carbocycles. The first-order valence-corrected chi connectivity index (χ1v) is 8.05. The summed E-state index contributed by atoms with van der Waals surface area (Å²) >= 11 is 0.